The molecular formula is C23H26Cl3FN2O2S. The van der Waals surface area contributed by atoms with Crippen LogP contribution in [0.5, 0.6) is 0 Å². The van der Waals surface area contributed by atoms with Gasteiger partial charge in [0.1, 0.15) is 11.9 Å². The predicted molar refractivity (Wildman–Crippen MR) is 132 cm³/mol. The maximum atomic E-state index is 14.0. The lowest BCUT2D eigenvalue weighted by Gasteiger charge is -2.30. The van der Waals surface area contributed by atoms with E-state index in [0.717, 1.165) is 6.42 Å². The molecule has 0 bridgehead atoms. The van der Waals surface area contributed by atoms with Crippen LogP contribution in [0, 0.1) is 5.82 Å². The van der Waals surface area contributed by atoms with Gasteiger partial charge in [-0.2, -0.15) is 0 Å². The van der Waals surface area contributed by atoms with Crippen molar-refractivity contribution in [3.8, 4) is 0 Å². The third kappa shape index (κ3) is 7.27. The van der Waals surface area contributed by atoms with Gasteiger partial charge in [0.05, 0.1) is 5.75 Å². The molecule has 9 heteroatoms. The standard InChI is InChI=1S/C23H26Cl3FN2O2S/c1-4-14(2)28-23(31)15(3)29(11-16-18(24)7-5-8-19(16)25)22(30)13-32-12-17-20(26)9-6-10-21(17)27/h5-10,14-15H,4,11-13H2,1-3H3,(H,28,31)/t14-,15+/m1/s1. The van der Waals surface area contributed by atoms with Crippen LogP contribution < -0.4 is 5.32 Å². The molecule has 2 amide bonds. The van der Waals surface area contributed by atoms with Gasteiger partial charge in [0.25, 0.3) is 0 Å². The molecule has 0 heterocycles. The first-order valence-electron chi connectivity index (χ1n) is 10.2. The Labute approximate surface area is 207 Å². The molecule has 2 aromatic carbocycles. The van der Waals surface area contributed by atoms with Crippen LogP contribution in [0.15, 0.2) is 36.4 Å². The zero-order valence-electron chi connectivity index (χ0n) is 18.1. The number of hydrogen-bond donors (Lipinski definition) is 1. The van der Waals surface area contributed by atoms with E-state index < -0.39 is 11.9 Å². The minimum Gasteiger partial charge on any atom is -0.352 e. The number of thioether (sulfide) groups is 1. The van der Waals surface area contributed by atoms with Crippen molar-refractivity contribution in [3.05, 3.63) is 68.4 Å². The second-order valence-electron chi connectivity index (χ2n) is 7.41. The fourth-order valence-electron chi connectivity index (χ4n) is 2.90. The van der Waals surface area contributed by atoms with Crippen LogP contribution in [0.25, 0.3) is 0 Å². The van der Waals surface area contributed by atoms with E-state index in [-0.39, 0.29) is 35.9 Å². The van der Waals surface area contributed by atoms with Gasteiger partial charge in [-0.3, -0.25) is 9.59 Å². The first-order valence-corrected chi connectivity index (χ1v) is 12.5. The van der Waals surface area contributed by atoms with E-state index in [1.807, 2.05) is 13.8 Å². The summed E-state index contributed by atoms with van der Waals surface area (Å²) in [5.74, 6) is -0.708. The number of amides is 2. The topological polar surface area (TPSA) is 49.4 Å². The largest absolute Gasteiger partial charge is 0.352 e. The van der Waals surface area contributed by atoms with Crippen LogP contribution in [0.1, 0.15) is 38.3 Å². The normalized spacial score (nSPS) is 12.8. The van der Waals surface area contributed by atoms with Gasteiger partial charge in [-0.15, -0.1) is 11.8 Å². The second-order valence-corrected chi connectivity index (χ2v) is 9.62. The van der Waals surface area contributed by atoms with Crippen molar-refractivity contribution in [3.63, 3.8) is 0 Å². The van der Waals surface area contributed by atoms with Crippen LogP contribution in [0.2, 0.25) is 15.1 Å². The van der Waals surface area contributed by atoms with Gasteiger partial charge < -0.3 is 10.2 Å². The second kappa shape index (κ2) is 12.7. The smallest absolute Gasteiger partial charge is 0.242 e. The maximum absolute atomic E-state index is 14.0. The minimum atomic E-state index is -0.749. The van der Waals surface area contributed by atoms with Gasteiger partial charge in [0.2, 0.25) is 11.8 Å². The van der Waals surface area contributed by atoms with E-state index in [0.29, 0.717) is 26.2 Å². The molecule has 2 aromatic rings. The Morgan fingerprint density at radius 1 is 1.03 bits per heavy atom. The molecule has 0 aliphatic rings. The Hall–Kier alpha value is -1.47. The highest BCUT2D eigenvalue weighted by Crippen LogP contribution is 2.28. The number of benzene rings is 2. The average molecular weight is 520 g/mol. The monoisotopic (exact) mass is 518 g/mol. The number of hydrogen-bond acceptors (Lipinski definition) is 3. The summed E-state index contributed by atoms with van der Waals surface area (Å²) >= 11 is 19.9. The number of nitrogens with zero attached hydrogens (tertiary/aromatic N) is 1. The van der Waals surface area contributed by atoms with Crippen LogP contribution in [0.4, 0.5) is 4.39 Å². The van der Waals surface area contributed by atoms with Crippen LogP contribution in [-0.2, 0) is 21.9 Å². The molecular weight excluding hydrogens is 494 g/mol. The zero-order valence-corrected chi connectivity index (χ0v) is 21.2. The van der Waals surface area contributed by atoms with Gasteiger partial charge >= 0.3 is 0 Å². The number of carbonyl (C=O) groups is 2. The van der Waals surface area contributed by atoms with Gasteiger partial charge in [-0.05, 0) is 44.5 Å². The van der Waals surface area contributed by atoms with Crippen molar-refractivity contribution in [1.29, 1.82) is 0 Å². The summed E-state index contributed by atoms with van der Waals surface area (Å²) in [5, 5.41) is 4.04. The lowest BCUT2D eigenvalue weighted by molar-refractivity contribution is -0.138. The van der Waals surface area contributed by atoms with Gasteiger partial charge in [-0.1, -0.05) is 53.9 Å². The molecule has 0 radical (unpaired) electrons. The quantitative estimate of drug-likeness (QED) is 0.398. The van der Waals surface area contributed by atoms with Crippen molar-refractivity contribution < 1.29 is 14.0 Å². The van der Waals surface area contributed by atoms with E-state index in [4.69, 9.17) is 34.8 Å². The molecule has 0 aromatic heterocycles. The molecule has 0 aliphatic heterocycles. The molecule has 1 N–H and O–H groups in total. The van der Waals surface area contributed by atoms with E-state index in [2.05, 4.69) is 5.32 Å². The van der Waals surface area contributed by atoms with Crippen molar-refractivity contribution in [2.75, 3.05) is 5.75 Å². The molecule has 2 atom stereocenters. The van der Waals surface area contributed by atoms with Crippen molar-refractivity contribution in [1.82, 2.24) is 10.2 Å². The Morgan fingerprint density at radius 3 is 2.16 bits per heavy atom. The first kappa shape index (κ1) is 26.8. The Kier molecular flexibility index (Phi) is 10.6. The van der Waals surface area contributed by atoms with Gasteiger partial charge in [0.15, 0.2) is 0 Å². The van der Waals surface area contributed by atoms with Crippen molar-refractivity contribution >= 4 is 58.4 Å². The predicted octanol–water partition coefficient (Wildman–Crippen LogP) is 6.35. The fourth-order valence-corrected chi connectivity index (χ4v) is 4.66. The lowest BCUT2D eigenvalue weighted by Crippen LogP contribution is -2.50. The molecule has 0 aliphatic carbocycles. The summed E-state index contributed by atoms with van der Waals surface area (Å²) in [6, 6.07) is 8.78. The fraction of sp³-hybridized carbons (Fsp3) is 0.391. The SMILES string of the molecule is CC[C@@H](C)NC(=O)[C@H](C)N(Cc1c(Cl)cccc1Cl)C(=O)CSCc1c(F)cccc1Cl. The molecule has 0 saturated carbocycles. The third-order valence-corrected chi connectivity index (χ3v) is 7.10. The highest BCUT2D eigenvalue weighted by molar-refractivity contribution is 7.99. The highest BCUT2D eigenvalue weighted by Gasteiger charge is 2.28. The van der Waals surface area contributed by atoms with E-state index in [1.165, 1.54) is 28.8 Å². The van der Waals surface area contributed by atoms with Crippen molar-refractivity contribution in [2.24, 2.45) is 0 Å². The molecule has 0 spiro atoms. The molecule has 2 rings (SSSR count). The molecule has 32 heavy (non-hydrogen) atoms. The molecule has 174 valence electrons. The highest BCUT2D eigenvalue weighted by atomic mass is 35.5. The van der Waals surface area contributed by atoms with Crippen LogP contribution in [0.3, 0.4) is 0 Å². The molecule has 0 fully saturated rings. The molecule has 0 saturated heterocycles. The van der Waals surface area contributed by atoms with E-state index in [1.54, 1.807) is 31.2 Å². The number of halogens is 4. The summed E-state index contributed by atoms with van der Waals surface area (Å²) < 4.78 is 14.0. The van der Waals surface area contributed by atoms with Crippen LogP contribution in [-0.4, -0.2) is 34.6 Å². The van der Waals surface area contributed by atoms with Gasteiger partial charge in [-0.25, -0.2) is 4.39 Å². The average Bonchev–Trinajstić information content (AvgIpc) is 2.74. The summed E-state index contributed by atoms with van der Waals surface area (Å²) in [7, 11) is 0. The maximum Gasteiger partial charge on any atom is 0.242 e. The molecule has 0 unspecified atom stereocenters. The lowest BCUT2D eigenvalue weighted by atomic mass is 10.1. The Morgan fingerprint density at radius 2 is 1.59 bits per heavy atom. The first-order chi connectivity index (χ1) is 15.1. The van der Waals surface area contributed by atoms with E-state index >= 15 is 0 Å². The van der Waals surface area contributed by atoms with E-state index in [9.17, 15) is 14.0 Å². The number of nitrogens with one attached hydrogen (secondary N) is 1. The zero-order chi connectivity index (χ0) is 23.8. The summed E-state index contributed by atoms with van der Waals surface area (Å²) in [6.45, 7) is 5.61. The van der Waals surface area contributed by atoms with Gasteiger partial charge in [0, 0.05) is 44.5 Å². The number of rotatable bonds is 10. The molecule has 4 nitrogen and oxygen atoms in total. The Balaban J connectivity index is 2.18. The Bertz CT molecular complexity index is 920. The number of carbonyl (C=O) groups excluding carboxylic acids is 2. The summed E-state index contributed by atoms with van der Waals surface area (Å²) in [4.78, 5) is 27.3. The third-order valence-electron chi connectivity index (χ3n) is 5.09. The van der Waals surface area contributed by atoms with Crippen LogP contribution >= 0.6 is 46.6 Å². The summed E-state index contributed by atoms with van der Waals surface area (Å²) in [6.07, 6.45) is 0.766. The minimum absolute atomic E-state index is 0.0247. The van der Waals surface area contributed by atoms with Crippen molar-refractivity contribution in [2.45, 2.75) is 51.6 Å². The summed E-state index contributed by atoms with van der Waals surface area (Å²) in [5.41, 5.74) is 0.907.